The van der Waals surface area contributed by atoms with Crippen LogP contribution in [0.1, 0.15) is 12.8 Å². The van der Waals surface area contributed by atoms with Crippen molar-refractivity contribution in [1.82, 2.24) is 9.78 Å². The first-order valence-corrected chi connectivity index (χ1v) is 6.12. The molecule has 1 fully saturated rings. The summed E-state index contributed by atoms with van der Waals surface area (Å²) in [6.45, 7) is 1.03. The number of anilines is 1. The molecular formula is C10H14BrN3O2. The fourth-order valence-electron chi connectivity index (χ4n) is 1.42. The number of halogens is 1. The van der Waals surface area contributed by atoms with Gasteiger partial charge in [-0.05, 0) is 34.7 Å². The molecule has 0 unspecified atom stereocenters. The van der Waals surface area contributed by atoms with E-state index in [4.69, 9.17) is 5.11 Å². The first kappa shape index (κ1) is 11.6. The summed E-state index contributed by atoms with van der Waals surface area (Å²) < 4.78 is 1.73. The van der Waals surface area contributed by atoms with Gasteiger partial charge in [0.15, 0.2) is 0 Å². The van der Waals surface area contributed by atoms with E-state index in [2.05, 4.69) is 26.3 Å². The van der Waals surface area contributed by atoms with Crippen molar-refractivity contribution in [3.8, 4) is 0 Å². The Hall–Kier alpha value is -0.880. The summed E-state index contributed by atoms with van der Waals surface area (Å²) in [4.78, 5) is 11.7. The summed E-state index contributed by atoms with van der Waals surface area (Å²) in [7, 11) is 0. The van der Waals surface area contributed by atoms with Crippen LogP contribution in [0.15, 0.2) is 15.5 Å². The Balaban J connectivity index is 2.13. The zero-order chi connectivity index (χ0) is 11.5. The Kier molecular flexibility index (Phi) is 3.60. The molecule has 0 aromatic carbocycles. The van der Waals surface area contributed by atoms with Gasteiger partial charge >= 0.3 is 0 Å². The van der Waals surface area contributed by atoms with Crippen molar-refractivity contribution >= 4 is 21.6 Å². The van der Waals surface area contributed by atoms with Gasteiger partial charge in [0, 0.05) is 6.54 Å². The minimum absolute atomic E-state index is 0.0891. The molecule has 1 heterocycles. The molecule has 0 amide bonds. The highest BCUT2D eigenvalue weighted by Crippen LogP contribution is 2.29. The Bertz CT molecular complexity index is 429. The van der Waals surface area contributed by atoms with E-state index in [0.29, 0.717) is 4.47 Å². The van der Waals surface area contributed by atoms with Gasteiger partial charge in [-0.2, -0.15) is 5.10 Å². The molecule has 0 radical (unpaired) electrons. The van der Waals surface area contributed by atoms with Crippen LogP contribution in [0.25, 0.3) is 0 Å². The average molecular weight is 288 g/mol. The van der Waals surface area contributed by atoms with E-state index in [0.717, 1.165) is 18.2 Å². The number of hydrogen-bond donors (Lipinski definition) is 2. The highest BCUT2D eigenvalue weighted by molar-refractivity contribution is 9.10. The summed E-state index contributed by atoms with van der Waals surface area (Å²) in [5.74, 6) is 0.742. The van der Waals surface area contributed by atoms with Gasteiger partial charge in [-0.15, -0.1) is 0 Å². The van der Waals surface area contributed by atoms with Crippen molar-refractivity contribution in [2.45, 2.75) is 19.4 Å². The molecule has 0 spiro atoms. The second-order valence-corrected chi connectivity index (χ2v) is 4.74. The molecule has 88 valence electrons. The lowest BCUT2D eigenvalue weighted by molar-refractivity contribution is 0.266. The fourth-order valence-corrected chi connectivity index (χ4v) is 1.87. The minimum Gasteiger partial charge on any atom is -0.394 e. The van der Waals surface area contributed by atoms with Crippen molar-refractivity contribution in [3.05, 3.63) is 21.0 Å². The van der Waals surface area contributed by atoms with Crippen LogP contribution in [-0.2, 0) is 6.54 Å². The second kappa shape index (κ2) is 4.97. The van der Waals surface area contributed by atoms with Gasteiger partial charge in [-0.1, -0.05) is 0 Å². The van der Waals surface area contributed by atoms with Crippen LogP contribution in [0.3, 0.4) is 0 Å². The maximum absolute atomic E-state index is 11.7. The Morgan fingerprint density at radius 3 is 3.00 bits per heavy atom. The molecule has 6 heteroatoms. The van der Waals surface area contributed by atoms with Gasteiger partial charge in [0.1, 0.15) is 4.47 Å². The van der Waals surface area contributed by atoms with Gasteiger partial charge in [0.2, 0.25) is 0 Å². The average Bonchev–Trinajstić information content (AvgIpc) is 3.08. The summed E-state index contributed by atoms with van der Waals surface area (Å²) in [6.07, 6.45) is 4.14. The predicted molar refractivity (Wildman–Crippen MR) is 64.5 cm³/mol. The Labute approximate surface area is 102 Å². The van der Waals surface area contributed by atoms with E-state index < -0.39 is 0 Å². The van der Waals surface area contributed by atoms with Crippen molar-refractivity contribution in [1.29, 1.82) is 0 Å². The zero-order valence-electron chi connectivity index (χ0n) is 8.82. The second-order valence-electron chi connectivity index (χ2n) is 3.95. The van der Waals surface area contributed by atoms with E-state index in [1.807, 2.05) is 0 Å². The van der Waals surface area contributed by atoms with E-state index in [-0.39, 0.29) is 18.7 Å². The SMILES string of the molecule is O=c1c(Br)c(NCC2CC2)cnn1CCO. The van der Waals surface area contributed by atoms with Crippen LogP contribution in [0.5, 0.6) is 0 Å². The maximum Gasteiger partial charge on any atom is 0.283 e. The minimum atomic E-state index is -0.213. The van der Waals surface area contributed by atoms with Crippen LogP contribution in [0.2, 0.25) is 0 Å². The van der Waals surface area contributed by atoms with E-state index in [9.17, 15) is 4.79 Å². The molecule has 0 saturated heterocycles. The third-order valence-electron chi connectivity index (χ3n) is 2.57. The quantitative estimate of drug-likeness (QED) is 0.842. The summed E-state index contributed by atoms with van der Waals surface area (Å²) in [5.41, 5.74) is 0.515. The molecule has 0 atom stereocenters. The molecule has 2 N–H and O–H groups in total. The molecule has 0 bridgehead atoms. The number of rotatable bonds is 5. The van der Waals surface area contributed by atoms with E-state index in [1.165, 1.54) is 17.5 Å². The van der Waals surface area contributed by atoms with Crippen molar-refractivity contribution < 1.29 is 5.11 Å². The predicted octanol–water partition coefficient (Wildman–Crippen LogP) is 0.820. The first-order chi connectivity index (χ1) is 7.72. The topological polar surface area (TPSA) is 67.2 Å². The Morgan fingerprint density at radius 1 is 1.62 bits per heavy atom. The van der Waals surface area contributed by atoms with Gasteiger partial charge in [-0.3, -0.25) is 4.79 Å². The third-order valence-corrected chi connectivity index (χ3v) is 3.34. The third kappa shape index (κ3) is 2.62. The van der Waals surface area contributed by atoms with Crippen molar-refractivity contribution in [2.24, 2.45) is 5.92 Å². The molecule has 5 nitrogen and oxygen atoms in total. The lowest BCUT2D eigenvalue weighted by atomic mass is 10.4. The standard InChI is InChI=1S/C10H14BrN3O2/c11-9-8(12-5-7-1-2-7)6-13-14(3-4-15)10(9)16/h6-7,12,15H,1-5H2. The summed E-state index contributed by atoms with van der Waals surface area (Å²) in [6, 6.07) is 0. The molecule has 2 rings (SSSR count). The van der Waals surface area contributed by atoms with Gasteiger partial charge < -0.3 is 10.4 Å². The monoisotopic (exact) mass is 287 g/mol. The largest absolute Gasteiger partial charge is 0.394 e. The van der Waals surface area contributed by atoms with Gasteiger partial charge in [0.25, 0.3) is 5.56 Å². The molecule has 1 aromatic rings. The summed E-state index contributed by atoms with van der Waals surface area (Å²) in [5, 5.41) is 15.9. The van der Waals surface area contributed by atoms with Crippen LogP contribution < -0.4 is 10.9 Å². The molecule has 1 aliphatic rings. The normalized spacial score (nSPS) is 15.1. The van der Waals surface area contributed by atoms with Crippen LogP contribution >= 0.6 is 15.9 Å². The highest BCUT2D eigenvalue weighted by atomic mass is 79.9. The van der Waals surface area contributed by atoms with Crippen molar-refractivity contribution in [3.63, 3.8) is 0 Å². The molecule has 1 aromatic heterocycles. The lowest BCUT2D eigenvalue weighted by Crippen LogP contribution is -2.26. The smallest absolute Gasteiger partial charge is 0.283 e. The fraction of sp³-hybridized carbons (Fsp3) is 0.600. The molecule has 16 heavy (non-hydrogen) atoms. The Morgan fingerprint density at radius 2 is 2.38 bits per heavy atom. The number of aromatic nitrogens is 2. The highest BCUT2D eigenvalue weighted by Gasteiger charge is 2.21. The molecule has 1 aliphatic carbocycles. The van der Waals surface area contributed by atoms with Crippen LogP contribution in [0.4, 0.5) is 5.69 Å². The number of aliphatic hydroxyl groups excluding tert-OH is 1. The van der Waals surface area contributed by atoms with Crippen LogP contribution in [-0.4, -0.2) is 28.0 Å². The van der Waals surface area contributed by atoms with Crippen molar-refractivity contribution in [2.75, 3.05) is 18.5 Å². The number of nitrogens with zero attached hydrogens (tertiary/aromatic N) is 2. The maximum atomic E-state index is 11.7. The molecular weight excluding hydrogens is 274 g/mol. The van der Waals surface area contributed by atoms with Gasteiger partial charge in [-0.25, -0.2) is 4.68 Å². The zero-order valence-corrected chi connectivity index (χ0v) is 10.4. The number of aliphatic hydroxyl groups is 1. The first-order valence-electron chi connectivity index (χ1n) is 5.32. The lowest BCUT2D eigenvalue weighted by Gasteiger charge is -2.09. The number of nitrogens with one attached hydrogen (secondary N) is 1. The van der Waals surface area contributed by atoms with E-state index in [1.54, 1.807) is 6.20 Å². The number of hydrogen-bond acceptors (Lipinski definition) is 4. The summed E-state index contributed by atoms with van der Waals surface area (Å²) >= 11 is 3.25. The molecule has 1 saturated carbocycles. The molecule has 0 aliphatic heterocycles. The van der Waals surface area contributed by atoms with Crippen LogP contribution in [0, 0.1) is 5.92 Å². The van der Waals surface area contributed by atoms with E-state index >= 15 is 0 Å². The van der Waals surface area contributed by atoms with Gasteiger partial charge in [0.05, 0.1) is 25.0 Å².